The van der Waals surface area contributed by atoms with Crippen LogP contribution in [0.2, 0.25) is 0 Å². The smallest absolute Gasteiger partial charge is 0.325 e. The fourth-order valence-electron chi connectivity index (χ4n) is 0.720. The van der Waals surface area contributed by atoms with Crippen molar-refractivity contribution in [3.8, 4) is 0 Å². The van der Waals surface area contributed by atoms with Crippen LogP contribution in [0.25, 0.3) is 0 Å². The lowest BCUT2D eigenvalue weighted by Crippen LogP contribution is -2.52. The van der Waals surface area contributed by atoms with Crippen molar-refractivity contribution in [2.24, 2.45) is 0 Å². The van der Waals surface area contributed by atoms with Gasteiger partial charge in [0.1, 0.15) is 5.54 Å². The van der Waals surface area contributed by atoms with Gasteiger partial charge in [0.15, 0.2) is 5.12 Å². The summed E-state index contributed by atoms with van der Waals surface area (Å²) in [4.78, 5) is 21.6. The molecule has 2 N–H and O–H groups in total. The molecule has 3 atom stereocenters. The van der Waals surface area contributed by atoms with E-state index in [1.54, 1.807) is 13.8 Å². The molecule has 0 aromatic carbocycles. The molecule has 6 heteroatoms. The molecule has 0 aliphatic heterocycles. The summed E-state index contributed by atoms with van der Waals surface area (Å²) in [6.45, 7) is 4.67. The van der Waals surface area contributed by atoms with E-state index < -0.39 is 11.5 Å². The Morgan fingerprint density at radius 3 is 2.31 bits per heavy atom. The van der Waals surface area contributed by atoms with E-state index in [1.807, 2.05) is 0 Å². The minimum absolute atomic E-state index is 0.0831. The third-order valence-electron chi connectivity index (χ3n) is 1.90. The molecule has 4 nitrogen and oxygen atoms in total. The Morgan fingerprint density at radius 2 is 2.08 bits per heavy atom. The first kappa shape index (κ1) is 12.9. The van der Waals surface area contributed by atoms with E-state index in [9.17, 15) is 9.59 Å². The molecule has 13 heavy (non-hydrogen) atoms. The van der Waals surface area contributed by atoms with Gasteiger partial charge in [0.25, 0.3) is 0 Å². The summed E-state index contributed by atoms with van der Waals surface area (Å²) < 4.78 is 0. The summed E-state index contributed by atoms with van der Waals surface area (Å²) in [6, 6.07) is 0. The van der Waals surface area contributed by atoms with Crippen LogP contribution in [0.5, 0.6) is 0 Å². The zero-order valence-corrected chi connectivity index (χ0v) is 9.80. The maximum absolute atomic E-state index is 10.9. The van der Waals surface area contributed by atoms with Gasteiger partial charge in [-0.3, -0.25) is 14.7 Å². The topological polar surface area (TPSA) is 66.4 Å². The first-order chi connectivity index (χ1) is 5.84. The van der Waals surface area contributed by atoms with E-state index in [-0.39, 0.29) is 10.4 Å². The molecule has 76 valence electrons. The SMILES string of the molecule is CC(=O)SC(C)C(C)(NP)C(=O)O. The number of aliphatic carboxylic acids is 1. The second-order valence-electron chi connectivity index (χ2n) is 2.90. The number of carboxylic acids is 1. The number of carboxylic acid groups (broad SMARTS) is 1. The lowest BCUT2D eigenvalue weighted by atomic mass is 10.0. The van der Waals surface area contributed by atoms with Gasteiger partial charge in [-0.25, -0.2) is 0 Å². The molecular weight excluding hydrogens is 209 g/mol. The van der Waals surface area contributed by atoms with Crippen molar-refractivity contribution in [3.05, 3.63) is 0 Å². The molecule has 0 aromatic rings. The molecule has 0 aliphatic rings. The Morgan fingerprint density at radius 1 is 1.62 bits per heavy atom. The van der Waals surface area contributed by atoms with Gasteiger partial charge in [0.2, 0.25) is 0 Å². The predicted molar refractivity (Wildman–Crippen MR) is 56.6 cm³/mol. The van der Waals surface area contributed by atoms with Crippen molar-refractivity contribution < 1.29 is 14.7 Å². The van der Waals surface area contributed by atoms with Gasteiger partial charge in [0, 0.05) is 12.2 Å². The van der Waals surface area contributed by atoms with Crippen molar-refractivity contribution in [1.29, 1.82) is 0 Å². The summed E-state index contributed by atoms with van der Waals surface area (Å²) >= 11 is 1.02. The zero-order chi connectivity index (χ0) is 10.6. The molecule has 0 heterocycles. The van der Waals surface area contributed by atoms with Gasteiger partial charge in [-0.05, 0) is 6.92 Å². The number of carbonyl (C=O) groups excluding carboxylic acids is 1. The molecule has 0 fully saturated rings. The second kappa shape index (κ2) is 4.94. The highest BCUT2D eigenvalue weighted by Crippen LogP contribution is 2.24. The molecule has 0 bridgehead atoms. The normalized spacial score (nSPS) is 17.5. The van der Waals surface area contributed by atoms with Crippen LogP contribution in [0, 0.1) is 0 Å². The lowest BCUT2D eigenvalue weighted by molar-refractivity contribution is -0.143. The highest BCUT2D eigenvalue weighted by atomic mass is 32.2. The van der Waals surface area contributed by atoms with Crippen LogP contribution in [-0.4, -0.2) is 27.0 Å². The maximum Gasteiger partial charge on any atom is 0.325 e. The molecule has 0 spiro atoms. The van der Waals surface area contributed by atoms with Gasteiger partial charge >= 0.3 is 5.97 Å². The van der Waals surface area contributed by atoms with Crippen LogP contribution < -0.4 is 5.09 Å². The Hall–Kier alpha value is -0.120. The standard InChI is InChI=1S/C7H14NO3PS/c1-4(13-5(2)9)7(3,8-12)6(10)11/h4,8H,12H2,1-3H3,(H,10,11). The van der Waals surface area contributed by atoms with Crippen LogP contribution in [0.3, 0.4) is 0 Å². The minimum Gasteiger partial charge on any atom is -0.480 e. The average Bonchev–Trinajstić information content (AvgIpc) is 2.01. The molecule has 0 amide bonds. The van der Waals surface area contributed by atoms with Crippen LogP contribution in [0.4, 0.5) is 0 Å². The van der Waals surface area contributed by atoms with Crippen LogP contribution in [0.15, 0.2) is 0 Å². The molecule has 0 radical (unpaired) electrons. The Labute approximate surface area is 84.1 Å². The first-order valence-corrected chi connectivity index (χ1v) is 5.18. The fourth-order valence-corrected chi connectivity index (χ4v) is 2.12. The summed E-state index contributed by atoms with van der Waals surface area (Å²) in [5.74, 6) is -0.969. The highest BCUT2D eigenvalue weighted by Gasteiger charge is 2.38. The average molecular weight is 223 g/mol. The summed E-state index contributed by atoms with van der Waals surface area (Å²) in [5.41, 5.74) is -1.10. The van der Waals surface area contributed by atoms with E-state index in [0.717, 1.165) is 11.8 Å². The Balaban J connectivity index is 4.56. The van der Waals surface area contributed by atoms with E-state index in [2.05, 4.69) is 14.5 Å². The van der Waals surface area contributed by atoms with E-state index in [1.165, 1.54) is 6.92 Å². The molecule has 0 saturated carbocycles. The third kappa shape index (κ3) is 3.25. The number of rotatable bonds is 4. The van der Waals surface area contributed by atoms with Crippen LogP contribution in [0.1, 0.15) is 20.8 Å². The Kier molecular flexibility index (Phi) is 4.89. The van der Waals surface area contributed by atoms with Crippen molar-refractivity contribution >= 4 is 32.2 Å². The first-order valence-electron chi connectivity index (χ1n) is 3.73. The number of nitrogens with one attached hydrogen (secondary N) is 1. The van der Waals surface area contributed by atoms with Gasteiger partial charge in [-0.2, -0.15) is 0 Å². The zero-order valence-electron chi connectivity index (χ0n) is 7.83. The van der Waals surface area contributed by atoms with E-state index >= 15 is 0 Å². The number of carbonyl (C=O) groups is 2. The molecular formula is C7H14NO3PS. The van der Waals surface area contributed by atoms with Gasteiger partial charge in [0.05, 0.1) is 0 Å². The lowest BCUT2D eigenvalue weighted by Gasteiger charge is -2.29. The van der Waals surface area contributed by atoms with Gasteiger partial charge in [-0.15, -0.1) is 0 Å². The molecule has 0 saturated heterocycles. The summed E-state index contributed by atoms with van der Waals surface area (Å²) in [6.07, 6.45) is 0. The summed E-state index contributed by atoms with van der Waals surface area (Å²) in [5, 5.41) is 11.1. The van der Waals surface area contributed by atoms with E-state index in [0.29, 0.717) is 0 Å². The van der Waals surface area contributed by atoms with Crippen molar-refractivity contribution in [2.75, 3.05) is 0 Å². The van der Waals surface area contributed by atoms with E-state index in [4.69, 9.17) is 5.11 Å². The largest absolute Gasteiger partial charge is 0.480 e. The van der Waals surface area contributed by atoms with Crippen LogP contribution in [-0.2, 0) is 9.59 Å². The molecule has 0 aromatic heterocycles. The number of thioether (sulfide) groups is 1. The maximum atomic E-state index is 10.9. The fraction of sp³-hybridized carbons (Fsp3) is 0.714. The van der Waals surface area contributed by atoms with Crippen molar-refractivity contribution in [1.82, 2.24) is 5.09 Å². The van der Waals surface area contributed by atoms with Gasteiger partial charge < -0.3 is 5.11 Å². The monoisotopic (exact) mass is 223 g/mol. The highest BCUT2D eigenvalue weighted by molar-refractivity contribution is 8.14. The number of hydrogen-bond donors (Lipinski definition) is 2. The summed E-state index contributed by atoms with van der Waals surface area (Å²) in [7, 11) is 2.17. The molecule has 3 unspecified atom stereocenters. The third-order valence-corrected chi connectivity index (χ3v) is 3.66. The minimum atomic E-state index is -1.10. The van der Waals surface area contributed by atoms with Gasteiger partial charge in [-0.1, -0.05) is 28.1 Å². The van der Waals surface area contributed by atoms with Crippen molar-refractivity contribution in [2.45, 2.75) is 31.6 Å². The second-order valence-corrected chi connectivity index (χ2v) is 4.71. The Bertz CT molecular complexity index is 224. The van der Waals surface area contributed by atoms with Crippen LogP contribution >= 0.6 is 21.2 Å². The quantitative estimate of drug-likeness (QED) is 0.692. The predicted octanol–water partition coefficient (Wildman–Crippen LogP) is 0.878. The molecule has 0 rings (SSSR count). The molecule has 0 aliphatic carbocycles. The van der Waals surface area contributed by atoms with Crippen molar-refractivity contribution in [3.63, 3.8) is 0 Å². The number of hydrogen-bond acceptors (Lipinski definition) is 4.